The monoisotopic (exact) mass is 305 g/mol. The third-order valence-electron chi connectivity index (χ3n) is 3.16. The Morgan fingerprint density at radius 3 is 2.29 bits per heavy atom. The van der Waals surface area contributed by atoms with Crippen LogP contribution in [0.2, 0.25) is 5.02 Å². The number of H-pyrrole nitrogens is 1. The lowest BCUT2D eigenvalue weighted by molar-refractivity contribution is 0.0469. The maximum absolute atomic E-state index is 12.2. The molecule has 21 heavy (non-hydrogen) atoms. The maximum atomic E-state index is 12.2. The van der Waals surface area contributed by atoms with Crippen LogP contribution < -0.4 is 0 Å². The van der Waals surface area contributed by atoms with E-state index in [1.54, 1.807) is 0 Å². The summed E-state index contributed by atoms with van der Waals surface area (Å²) in [6, 6.07) is 5.33. The fraction of sp³-hybridized carbons (Fsp3) is 0.250. The SMILES string of the molecule is Cc1cc(C)c(C(=O)COC(=O)c2cc(Cl)c[nH]2)c(C)c1. The van der Waals surface area contributed by atoms with E-state index in [4.69, 9.17) is 16.3 Å². The van der Waals surface area contributed by atoms with E-state index in [2.05, 4.69) is 4.98 Å². The highest BCUT2D eigenvalue weighted by Gasteiger charge is 2.16. The standard InChI is InChI=1S/C16H16ClNO3/c1-9-4-10(2)15(11(3)5-9)14(19)8-21-16(20)13-6-12(17)7-18-13/h4-7,18H,8H2,1-3H3. The van der Waals surface area contributed by atoms with Crippen LogP contribution in [0, 0.1) is 20.8 Å². The van der Waals surface area contributed by atoms with Crippen LogP contribution in [0.25, 0.3) is 0 Å². The average Bonchev–Trinajstić information content (AvgIpc) is 2.81. The Balaban J connectivity index is 2.07. The predicted molar refractivity (Wildman–Crippen MR) is 81.1 cm³/mol. The van der Waals surface area contributed by atoms with Gasteiger partial charge in [-0.2, -0.15) is 0 Å². The van der Waals surface area contributed by atoms with E-state index >= 15 is 0 Å². The molecule has 0 fully saturated rings. The van der Waals surface area contributed by atoms with Crippen molar-refractivity contribution in [2.75, 3.05) is 6.61 Å². The summed E-state index contributed by atoms with van der Waals surface area (Å²) in [5.74, 6) is -0.811. The van der Waals surface area contributed by atoms with Gasteiger partial charge in [0.05, 0.1) is 5.02 Å². The zero-order valence-electron chi connectivity index (χ0n) is 12.1. The highest BCUT2D eigenvalue weighted by atomic mass is 35.5. The zero-order valence-corrected chi connectivity index (χ0v) is 12.9. The molecule has 0 aliphatic carbocycles. The first-order valence-electron chi connectivity index (χ1n) is 6.50. The van der Waals surface area contributed by atoms with Gasteiger partial charge in [-0.3, -0.25) is 4.79 Å². The molecule has 0 spiro atoms. The van der Waals surface area contributed by atoms with Gasteiger partial charge in [0, 0.05) is 11.8 Å². The normalized spacial score (nSPS) is 10.5. The molecular formula is C16H16ClNO3. The van der Waals surface area contributed by atoms with Gasteiger partial charge in [-0.1, -0.05) is 29.3 Å². The molecule has 0 bridgehead atoms. The summed E-state index contributed by atoms with van der Waals surface area (Å²) in [6.45, 7) is 5.43. The lowest BCUT2D eigenvalue weighted by Gasteiger charge is -2.10. The van der Waals surface area contributed by atoms with Crippen molar-refractivity contribution in [2.45, 2.75) is 20.8 Å². The topological polar surface area (TPSA) is 59.2 Å². The van der Waals surface area contributed by atoms with E-state index in [-0.39, 0.29) is 18.1 Å². The van der Waals surface area contributed by atoms with Crippen LogP contribution in [0.3, 0.4) is 0 Å². The Labute approximate surface area is 128 Å². The zero-order chi connectivity index (χ0) is 15.6. The number of ketones is 1. The number of carbonyl (C=O) groups excluding carboxylic acids is 2. The van der Waals surface area contributed by atoms with Crippen LogP contribution in [-0.2, 0) is 4.74 Å². The molecule has 1 aromatic carbocycles. The number of carbonyl (C=O) groups is 2. The number of nitrogens with one attached hydrogen (secondary N) is 1. The third-order valence-corrected chi connectivity index (χ3v) is 3.38. The van der Waals surface area contributed by atoms with Crippen LogP contribution in [0.1, 0.15) is 37.5 Å². The summed E-state index contributed by atoms with van der Waals surface area (Å²) in [7, 11) is 0. The molecule has 0 saturated heterocycles. The number of aromatic amines is 1. The van der Waals surface area contributed by atoms with Crippen LogP contribution >= 0.6 is 11.6 Å². The Morgan fingerprint density at radius 1 is 1.14 bits per heavy atom. The first-order valence-corrected chi connectivity index (χ1v) is 6.88. The Morgan fingerprint density at radius 2 is 1.76 bits per heavy atom. The van der Waals surface area contributed by atoms with Gasteiger partial charge in [0.1, 0.15) is 5.69 Å². The second-order valence-electron chi connectivity index (χ2n) is 5.00. The van der Waals surface area contributed by atoms with E-state index in [1.165, 1.54) is 12.3 Å². The number of hydrogen-bond donors (Lipinski definition) is 1. The molecule has 4 nitrogen and oxygen atoms in total. The number of Topliss-reactive ketones (excluding diaryl/α,β-unsaturated/α-hetero) is 1. The minimum absolute atomic E-state index is 0.212. The largest absolute Gasteiger partial charge is 0.453 e. The number of ether oxygens (including phenoxy) is 1. The van der Waals surface area contributed by atoms with Crippen LogP contribution in [-0.4, -0.2) is 23.3 Å². The Kier molecular flexibility index (Phi) is 4.48. The molecular weight excluding hydrogens is 290 g/mol. The first-order chi connectivity index (χ1) is 9.88. The molecule has 0 aliphatic heterocycles. The number of aromatic nitrogens is 1. The highest BCUT2D eigenvalue weighted by molar-refractivity contribution is 6.30. The number of benzene rings is 1. The summed E-state index contributed by atoms with van der Waals surface area (Å²) >= 11 is 5.71. The van der Waals surface area contributed by atoms with E-state index in [1.807, 2.05) is 32.9 Å². The van der Waals surface area contributed by atoms with E-state index in [0.717, 1.165) is 16.7 Å². The Hall–Kier alpha value is -2.07. The second kappa shape index (κ2) is 6.14. The number of halogens is 1. The van der Waals surface area contributed by atoms with Crippen LogP contribution in [0.15, 0.2) is 24.4 Å². The van der Waals surface area contributed by atoms with Gasteiger partial charge in [0.25, 0.3) is 0 Å². The van der Waals surface area contributed by atoms with Crippen molar-refractivity contribution >= 4 is 23.4 Å². The van der Waals surface area contributed by atoms with Crippen molar-refractivity contribution in [2.24, 2.45) is 0 Å². The number of esters is 1. The number of rotatable bonds is 4. The van der Waals surface area contributed by atoms with Gasteiger partial charge in [-0.15, -0.1) is 0 Å². The second-order valence-corrected chi connectivity index (χ2v) is 5.44. The molecule has 1 aromatic heterocycles. The van der Waals surface area contributed by atoms with Gasteiger partial charge >= 0.3 is 5.97 Å². The third kappa shape index (κ3) is 3.52. The molecule has 0 amide bonds. The molecule has 2 aromatic rings. The molecule has 1 N–H and O–H groups in total. The van der Waals surface area contributed by atoms with E-state index in [0.29, 0.717) is 10.6 Å². The summed E-state index contributed by atoms with van der Waals surface area (Å²) in [5, 5.41) is 0.415. The molecule has 0 saturated carbocycles. The lowest BCUT2D eigenvalue weighted by Crippen LogP contribution is -2.16. The molecule has 0 unspecified atom stereocenters. The quantitative estimate of drug-likeness (QED) is 0.693. The van der Waals surface area contributed by atoms with Crippen molar-refractivity contribution in [3.8, 4) is 0 Å². The minimum atomic E-state index is -0.599. The van der Waals surface area contributed by atoms with Gasteiger partial charge in [-0.05, 0) is 38.0 Å². The molecule has 1 heterocycles. The molecule has 0 radical (unpaired) electrons. The Bertz CT molecular complexity index is 680. The molecule has 110 valence electrons. The van der Waals surface area contributed by atoms with Gasteiger partial charge < -0.3 is 9.72 Å². The summed E-state index contributed by atoms with van der Waals surface area (Å²) in [5.41, 5.74) is 3.70. The fourth-order valence-electron chi connectivity index (χ4n) is 2.39. The van der Waals surface area contributed by atoms with E-state index < -0.39 is 5.97 Å². The molecule has 5 heteroatoms. The summed E-state index contributed by atoms with van der Waals surface area (Å²) in [4.78, 5) is 26.7. The fourth-order valence-corrected chi connectivity index (χ4v) is 2.55. The van der Waals surface area contributed by atoms with Crippen molar-refractivity contribution in [3.63, 3.8) is 0 Å². The summed E-state index contributed by atoms with van der Waals surface area (Å²) < 4.78 is 5.02. The molecule has 2 rings (SSSR count). The molecule has 0 atom stereocenters. The number of aryl methyl sites for hydroxylation is 3. The predicted octanol–water partition coefficient (Wildman–Crippen LogP) is 3.63. The van der Waals surface area contributed by atoms with Crippen molar-refractivity contribution in [3.05, 3.63) is 57.4 Å². The first kappa shape index (κ1) is 15.3. The molecule has 0 aliphatic rings. The van der Waals surface area contributed by atoms with Gasteiger partial charge in [0.15, 0.2) is 6.61 Å². The van der Waals surface area contributed by atoms with E-state index in [9.17, 15) is 9.59 Å². The summed E-state index contributed by atoms with van der Waals surface area (Å²) in [6.07, 6.45) is 1.48. The average molecular weight is 306 g/mol. The van der Waals surface area contributed by atoms with Crippen molar-refractivity contribution < 1.29 is 14.3 Å². The van der Waals surface area contributed by atoms with Crippen LogP contribution in [0.5, 0.6) is 0 Å². The highest BCUT2D eigenvalue weighted by Crippen LogP contribution is 2.17. The maximum Gasteiger partial charge on any atom is 0.355 e. The smallest absolute Gasteiger partial charge is 0.355 e. The van der Waals surface area contributed by atoms with Crippen molar-refractivity contribution in [1.82, 2.24) is 4.98 Å². The minimum Gasteiger partial charge on any atom is -0.453 e. The number of hydrogen-bond acceptors (Lipinski definition) is 3. The van der Waals surface area contributed by atoms with Crippen LogP contribution in [0.4, 0.5) is 0 Å². The van der Waals surface area contributed by atoms with Crippen molar-refractivity contribution in [1.29, 1.82) is 0 Å². The lowest BCUT2D eigenvalue weighted by atomic mass is 9.97. The van der Waals surface area contributed by atoms with Gasteiger partial charge in [0.2, 0.25) is 5.78 Å². The van der Waals surface area contributed by atoms with Gasteiger partial charge in [-0.25, -0.2) is 4.79 Å².